The second-order valence-electron chi connectivity index (χ2n) is 10.2. The van der Waals surface area contributed by atoms with Crippen LogP contribution in [0.1, 0.15) is 56.3 Å². The molecule has 3 aromatic rings. The molecule has 1 fully saturated rings. The van der Waals surface area contributed by atoms with Gasteiger partial charge in [-0.25, -0.2) is 9.79 Å². The number of nitrogens with zero attached hydrogens (tertiary/aromatic N) is 3. The van der Waals surface area contributed by atoms with Gasteiger partial charge in [-0.1, -0.05) is 29.0 Å². The van der Waals surface area contributed by atoms with Gasteiger partial charge in [0.1, 0.15) is 11.8 Å². The number of hydrogen-bond acceptors (Lipinski definition) is 7. The zero-order valence-corrected chi connectivity index (χ0v) is 24.4. The molecule has 7 nitrogen and oxygen atoms in total. The predicted molar refractivity (Wildman–Crippen MR) is 156 cm³/mol. The molecule has 204 valence electrons. The monoisotopic (exact) mass is 565 g/mol. The van der Waals surface area contributed by atoms with Crippen molar-refractivity contribution in [1.29, 1.82) is 0 Å². The number of carbonyl (C=O) groups is 1. The molecule has 0 aliphatic carbocycles. The molecule has 2 aliphatic heterocycles. The lowest BCUT2D eigenvalue weighted by Gasteiger charge is -2.26. The summed E-state index contributed by atoms with van der Waals surface area (Å²) in [6.07, 6.45) is 3.98. The van der Waals surface area contributed by atoms with Crippen molar-refractivity contribution in [3.63, 3.8) is 0 Å². The molecule has 0 saturated carbocycles. The van der Waals surface area contributed by atoms with Crippen molar-refractivity contribution < 1.29 is 14.3 Å². The van der Waals surface area contributed by atoms with Crippen molar-refractivity contribution in [1.82, 2.24) is 4.57 Å². The average molecular weight is 566 g/mol. The number of hydrogen-bond donors (Lipinski definition) is 0. The maximum atomic E-state index is 14.0. The topological polar surface area (TPSA) is 73.1 Å². The summed E-state index contributed by atoms with van der Waals surface area (Å²) in [5, 5.41) is 0.465. The van der Waals surface area contributed by atoms with E-state index in [1.165, 1.54) is 35.4 Å². The van der Waals surface area contributed by atoms with E-state index in [0.29, 0.717) is 31.4 Å². The smallest absolute Gasteiger partial charge is 0.338 e. The number of rotatable bonds is 6. The second kappa shape index (κ2) is 11.0. The number of aromatic nitrogens is 1. The molecule has 3 heterocycles. The number of methoxy groups -OCH3 is 1. The minimum atomic E-state index is -0.803. The third kappa shape index (κ3) is 5.28. The molecule has 1 saturated heterocycles. The fraction of sp³-hybridized carbons (Fsp3) is 0.367. The lowest BCUT2D eigenvalue weighted by molar-refractivity contribution is -0.143. The average Bonchev–Trinajstić information content (AvgIpc) is 3.51. The highest BCUT2D eigenvalue weighted by atomic mass is 35.5. The van der Waals surface area contributed by atoms with Crippen LogP contribution in [0.2, 0.25) is 5.02 Å². The summed E-state index contributed by atoms with van der Waals surface area (Å²) in [6.45, 7) is 9.59. The number of thiazole rings is 1. The molecule has 0 N–H and O–H groups in total. The number of halogens is 1. The number of allylic oxidation sites excluding steroid dienone is 1. The fourth-order valence-electron chi connectivity index (χ4n) is 5.31. The number of anilines is 1. The number of carbonyl (C=O) groups excluding carboxylic acids is 1. The summed E-state index contributed by atoms with van der Waals surface area (Å²) in [5.74, 6) is -0.0164. The van der Waals surface area contributed by atoms with Crippen molar-refractivity contribution in [3.05, 3.63) is 89.1 Å². The summed E-state index contributed by atoms with van der Waals surface area (Å²) in [4.78, 5) is 34.9. The molecule has 0 bridgehead atoms. The molecule has 2 aromatic carbocycles. The van der Waals surface area contributed by atoms with E-state index in [4.69, 9.17) is 21.1 Å². The molecule has 39 heavy (non-hydrogen) atoms. The highest BCUT2D eigenvalue weighted by Crippen LogP contribution is 2.37. The van der Waals surface area contributed by atoms with E-state index in [1.807, 2.05) is 12.1 Å². The number of benzene rings is 2. The first-order valence-electron chi connectivity index (χ1n) is 13.1. The Morgan fingerprint density at radius 3 is 2.56 bits per heavy atom. The summed E-state index contributed by atoms with van der Waals surface area (Å²) < 4.78 is 13.3. The molecule has 1 atom stereocenters. The van der Waals surface area contributed by atoms with Gasteiger partial charge in [0.05, 0.1) is 29.0 Å². The van der Waals surface area contributed by atoms with Crippen molar-refractivity contribution in [3.8, 4) is 5.75 Å². The fourth-order valence-corrected chi connectivity index (χ4v) is 6.53. The van der Waals surface area contributed by atoms with Gasteiger partial charge >= 0.3 is 5.97 Å². The Bertz CT molecular complexity index is 1650. The minimum absolute atomic E-state index is 0.241. The van der Waals surface area contributed by atoms with Crippen LogP contribution < -0.4 is 24.5 Å². The third-order valence-electron chi connectivity index (χ3n) is 7.04. The van der Waals surface area contributed by atoms with Crippen molar-refractivity contribution in [2.45, 2.75) is 52.7 Å². The van der Waals surface area contributed by atoms with Crippen LogP contribution in [0, 0.1) is 6.92 Å². The van der Waals surface area contributed by atoms with Gasteiger partial charge in [0.2, 0.25) is 0 Å². The summed E-state index contributed by atoms with van der Waals surface area (Å²) in [7, 11) is 1.55. The second-order valence-corrected chi connectivity index (χ2v) is 11.6. The van der Waals surface area contributed by atoms with E-state index in [0.717, 1.165) is 18.7 Å². The number of fused-ring (bicyclic) bond motifs is 1. The predicted octanol–water partition coefficient (Wildman–Crippen LogP) is 4.76. The number of aryl methyl sites for hydroxylation is 1. The van der Waals surface area contributed by atoms with E-state index >= 15 is 0 Å². The SMILES string of the molecule is COc1ccc(Cl)cc1[C@H]1C(C(=O)OC(C)C)=C(C)N=c2s/c(=C\c3ccc(N4CCCC4)c(C)c3)c(=O)n21. The van der Waals surface area contributed by atoms with Crippen LogP contribution in [0.4, 0.5) is 5.69 Å². The minimum Gasteiger partial charge on any atom is -0.496 e. The van der Waals surface area contributed by atoms with Crippen LogP contribution in [0.5, 0.6) is 5.75 Å². The molecule has 0 unspecified atom stereocenters. The van der Waals surface area contributed by atoms with Crippen molar-refractivity contribution >= 4 is 40.7 Å². The molecule has 2 aliphatic rings. The highest BCUT2D eigenvalue weighted by Gasteiger charge is 2.35. The zero-order valence-electron chi connectivity index (χ0n) is 22.8. The molecular weight excluding hydrogens is 534 g/mol. The summed E-state index contributed by atoms with van der Waals surface area (Å²) in [6, 6.07) is 10.7. The van der Waals surface area contributed by atoms with Crippen LogP contribution in [-0.4, -0.2) is 36.8 Å². The largest absolute Gasteiger partial charge is 0.496 e. The Balaban J connectivity index is 1.67. The van der Waals surface area contributed by atoms with Gasteiger partial charge in [-0.15, -0.1) is 0 Å². The third-order valence-corrected chi connectivity index (χ3v) is 8.25. The Morgan fingerprint density at radius 2 is 1.90 bits per heavy atom. The maximum Gasteiger partial charge on any atom is 0.338 e. The first-order chi connectivity index (χ1) is 18.7. The van der Waals surface area contributed by atoms with Gasteiger partial charge < -0.3 is 14.4 Å². The molecule has 0 radical (unpaired) electrons. The molecular formula is C30H32ClN3O4S. The van der Waals surface area contributed by atoms with Crippen molar-refractivity contribution in [2.24, 2.45) is 4.99 Å². The first kappa shape index (κ1) is 27.2. The van der Waals surface area contributed by atoms with Gasteiger partial charge in [-0.3, -0.25) is 9.36 Å². The molecule has 9 heteroatoms. The Hall–Kier alpha value is -3.36. The van der Waals surface area contributed by atoms with Crippen LogP contribution >= 0.6 is 22.9 Å². The van der Waals surface area contributed by atoms with Crippen LogP contribution in [0.3, 0.4) is 0 Å². The summed E-state index contributed by atoms with van der Waals surface area (Å²) in [5.41, 5.74) is 4.48. The van der Waals surface area contributed by atoms with Crippen molar-refractivity contribution in [2.75, 3.05) is 25.1 Å². The standard InChI is InChI=1S/C30H32ClN3O4S/c1-17(2)38-29(36)26-19(4)32-30-34(27(26)22-16-21(31)9-11-24(22)37-5)28(35)25(39-30)15-20-8-10-23(18(3)14-20)33-12-6-7-13-33/h8-11,14-17,27H,6-7,12-13H2,1-5H3/b25-15-/t27-/m0/s1. The van der Waals surface area contributed by atoms with E-state index in [9.17, 15) is 9.59 Å². The van der Waals surface area contributed by atoms with Gasteiger partial charge in [0.25, 0.3) is 5.56 Å². The Morgan fingerprint density at radius 1 is 1.15 bits per heavy atom. The maximum absolute atomic E-state index is 14.0. The van der Waals surface area contributed by atoms with Gasteiger partial charge in [0.15, 0.2) is 4.80 Å². The van der Waals surface area contributed by atoms with E-state index < -0.39 is 12.0 Å². The quantitative estimate of drug-likeness (QED) is 0.403. The normalized spacial score (nSPS) is 17.5. The molecule has 0 spiro atoms. The van der Waals surface area contributed by atoms with E-state index in [2.05, 4.69) is 28.9 Å². The number of esters is 1. The molecule has 0 amide bonds. The number of ether oxygens (including phenoxy) is 2. The van der Waals surface area contributed by atoms with Gasteiger partial charge in [-0.2, -0.15) is 0 Å². The van der Waals surface area contributed by atoms with Crippen LogP contribution in [-0.2, 0) is 9.53 Å². The van der Waals surface area contributed by atoms with E-state index in [1.54, 1.807) is 50.6 Å². The Kier molecular flexibility index (Phi) is 7.69. The lowest BCUT2D eigenvalue weighted by Crippen LogP contribution is -2.40. The Labute approximate surface area is 236 Å². The van der Waals surface area contributed by atoms with Gasteiger partial charge in [0, 0.05) is 29.4 Å². The highest BCUT2D eigenvalue weighted by molar-refractivity contribution is 7.07. The van der Waals surface area contributed by atoms with Crippen LogP contribution in [0.15, 0.2) is 57.5 Å². The summed E-state index contributed by atoms with van der Waals surface area (Å²) >= 11 is 7.69. The molecule has 1 aromatic heterocycles. The zero-order chi connectivity index (χ0) is 27.8. The van der Waals surface area contributed by atoms with Crippen LogP contribution in [0.25, 0.3) is 6.08 Å². The first-order valence-corrected chi connectivity index (χ1v) is 14.3. The molecule has 5 rings (SSSR count). The lowest BCUT2D eigenvalue weighted by atomic mass is 9.95. The van der Waals surface area contributed by atoms with Gasteiger partial charge in [-0.05, 0) is 88.1 Å². The van der Waals surface area contributed by atoms with E-state index in [-0.39, 0.29) is 17.2 Å².